The molecule has 1 heterocycles. The molecular weight excluding hydrogens is 214 g/mol. The number of ether oxygens (including phenoxy) is 2. The summed E-state index contributed by atoms with van der Waals surface area (Å²) in [5, 5.41) is 3.18. The zero-order chi connectivity index (χ0) is 11.9. The van der Waals surface area contributed by atoms with Crippen LogP contribution in [0.4, 0.5) is 0 Å². The summed E-state index contributed by atoms with van der Waals surface area (Å²) >= 11 is 0. The molecule has 1 aromatic carbocycles. The minimum atomic E-state index is 0.285. The molecule has 1 atom stereocenters. The molecule has 3 nitrogen and oxygen atoms in total. The van der Waals surface area contributed by atoms with Crippen LogP contribution in [0.5, 0.6) is 0 Å². The third-order valence-electron chi connectivity index (χ3n) is 3.13. The van der Waals surface area contributed by atoms with Crippen LogP contribution < -0.4 is 5.32 Å². The highest BCUT2D eigenvalue weighted by molar-refractivity contribution is 5.26. The van der Waals surface area contributed by atoms with Crippen LogP contribution in [0.15, 0.2) is 24.3 Å². The summed E-state index contributed by atoms with van der Waals surface area (Å²) in [7, 11) is 1.98. The second-order valence-electron chi connectivity index (χ2n) is 4.42. The summed E-state index contributed by atoms with van der Waals surface area (Å²) in [5.41, 5.74) is 2.68. The van der Waals surface area contributed by atoms with Gasteiger partial charge in [0.25, 0.3) is 0 Å². The van der Waals surface area contributed by atoms with Gasteiger partial charge in [0.05, 0.1) is 19.3 Å². The van der Waals surface area contributed by atoms with E-state index in [1.807, 2.05) is 7.05 Å². The second-order valence-corrected chi connectivity index (χ2v) is 4.42. The Balaban J connectivity index is 1.89. The van der Waals surface area contributed by atoms with Crippen molar-refractivity contribution in [2.45, 2.75) is 25.6 Å². The fraction of sp³-hybridized carbons (Fsp3) is 0.571. The van der Waals surface area contributed by atoms with Gasteiger partial charge in [-0.15, -0.1) is 0 Å². The molecular formula is C14H21NO2. The lowest BCUT2D eigenvalue weighted by Crippen LogP contribution is -2.14. The summed E-state index contributed by atoms with van der Waals surface area (Å²) in [4.78, 5) is 0. The van der Waals surface area contributed by atoms with Crippen molar-refractivity contribution in [1.82, 2.24) is 5.32 Å². The molecule has 1 aromatic rings. The molecule has 0 radical (unpaired) electrons. The zero-order valence-electron chi connectivity index (χ0n) is 10.4. The van der Waals surface area contributed by atoms with Crippen LogP contribution in [0.1, 0.15) is 17.5 Å². The predicted octanol–water partition coefficient (Wildman–Crippen LogP) is 1.75. The molecule has 1 aliphatic rings. The van der Waals surface area contributed by atoms with E-state index in [0.717, 1.165) is 32.6 Å². The van der Waals surface area contributed by atoms with Gasteiger partial charge in [-0.25, -0.2) is 0 Å². The normalized spacial score (nSPS) is 19.7. The van der Waals surface area contributed by atoms with Gasteiger partial charge in [-0.05, 0) is 37.6 Å². The van der Waals surface area contributed by atoms with Crippen molar-refractivity contribution in [3.05, 3.63) is 35.4 Å². The molecule has 0 amide bonds. The summed E-state index contributed by atoms with van der Waals surface area (Å²) in [5.74, 6) is 0. The molecule has 0 spiro atoms. The monoisotopic (exact) mass is 235 g/mol. The predicted molar refractivity (Wildman–Crippen MR) is 68.1 cm³/mol. The maximum Gasteiger partial charge on any atom is 0.0834 e. The molecule has 1 unspecified atom stereocenters. The Morgan fingerprint density at radius 3 is 2.88 bits per heavy atom. The Labute approximate surface area is 103 Å². The van der Waals surface area contributed by atoms with Gasteiger partial charge in [0, 0.05) is 6.61 Å². The van der Waals surface area contributed by atoms with Crippen molar-refractivity contribution < 1.29 is 9.47 Å². The van der Waals surface area contributed by atoms with E-state index in [1.54, 1.807) is 0 Å². The quantitative estimate of drug-likeness (QED) is 0.815. The van der Waals surface area contributed by atoms with Crippen molar-refractivity contribution in [3.63, 3.8) is 0 Å². The highest BCUT2D eigenvalue weighted by Gasteiger charge is 2.16. The first-order valence-electron chi connectivity index (χ1n) is 6.31. The highest BCUT2D eigenvalue weighted by Crippen LogP contribution is 2.15. The zero-order valence-corrected chi connectivity index (χ0v) is 10.4. The number of hydrogen-bond acceptors (Lipinski definition) is 3. The van der Waals surface area contributed by atoms with Gasteiger partial charge in [0.1, 0.15) is 0 Å². The van der Waals surface area contributed by atoms with E-state index >= 15 is 0 Å². The number of nitrogens with one attached hydrogen (secondary N) is 1. The highest BCUT2D eigenvalue weighted by atomic mass is 16.5. The Morgan fingerprint density at radius 1 is 1.35 bits per heavy atom. The minimum Gasteiger partial charge on any atom is -0.379 e. The second kappa shape index (κ2) is 6.74. The number of likely N-dealkylation sites (N-methyl/N-ethyl adjacent to an activating group) is 1. The average molecular weight is 235 g/mol. The Hall–Kier alpha value is -0.900. The standard InChI is InChI=1S/C14H21NO2/c1-15-8-6-12-4-2-3-5-13(12)10-17-14-7-9-16-11-14/h2-5,14-15H,6-11H2,1H3. The van der Waals surface area contributed by atoms with Crippen molar-refractivity contribution in [2.24, 2.45) is 0 Å². The smallest absolute Gasteiger partial charge is 0.0834 e. The van der Waals surface area contributed by atoms with E-state index in [0.29, 0.717) is 6.61 Å². The van der Waals surface area contributed by atoms with E-state index in [9.17, 15) is 0 Å². The Kier molecular flexibility index (Phi) is 4.98. The van der Waals surface area contributed by atoms with Crippen LogP contribution in [0.3, 0.4) is 0 Å². The Bertz CT molecular complexity index is 335. The first-order chi connectivity index (χ1) is 8.40. The van der Waals surface area contributed by atoms with E-state index in [1.165, 1.54) is 11.1 Å². The van der Waals surface area contributed by atoms with Gasteiger partial charge in [-0.3, -0.25) is 0 Å². The molecule has 1 aliphatic heterocycles. The third kappa shape index (κ3) is 3.80. The molecule has 1 saturated heterocycles. The van der Waals surface area contributed by atoms with Crippen LogP contribution >= 0.6 is 0 Å². The molecule has 0 bridgehead atoms. The lowest BCUT2D eigenvalue weighted by molar-refractivity contribution is 0.0314. The lowest BCUT2D eigenvalue weighted by Gasteiger charge is -2.13. The Morgan fingerprint density at radius 2 is 2.18 bits per heavy atom. The van der Waals surface area contributed by atoms with Crippen molar-refractivity contribution in [3.8, 4) is 0 Å². The summed E-state index contributed by atoms with van der Waals surface area (Å²) < 4.78 is 11.2. The SMILES string of the molecule is CNCCc1ccccc1COC1CCOC1. The molecule has 0 aromatic heterocycles. The molecule has 1 fully saturated rings. The number of rotatable bonds is 6. The summed E-state index contributed by atoms with van der Waals surface area (Å²) in [6.45, 7) is 3.29. The van der Waals surface area contributed by atoms with E-state index < -0.39 is 0 Å². The maximum absolute atomic E-state index is 5.86. The molecule has 0 saturated carbocycles. The molecule has 2 rings (SSSR count). The largest absolute Gasteiger partial charge is 0.379 e. The average Bonchev–Trinajstić information content (AvgIpc) is 2.88. The van der Waals surface area contributed by atoms with Crippen LogP contribution in [-0.4, -0.2) is 32.9 Å². The van der Waals surface area contributed by atoms with E-state index in [-0.39, 0.29) is 6.10 Å². The van der Waals surface area contributed by atoms with Gasteiger partial charge in [0.2, 0.25) is 0 Å². The summed E-state index contributed by atoms with van der Waals surface area (Å²) in [6.07, 6.45) is 2.36. The molecule has 17 heavy (non-hydrogen) atoms. The molecule has 0 aliphatic carbocycles. The summed E-state index contributed by atoms with van der Waals surface area (Å²) in [6, 6.07) is 8.50. The van der Waals surface area contributed by atoms with Gasteiger partial charge < -0.3 is 14.8 Å². The fourth-order valence-electron chi connectivity index (χ4n) is 2.05. The first kappa shape index (κ1) is 12.6. The van der Waals surface area contributed by atoms with E-state index in [2.05, 4.69) is 29.6 Å². The molecule has 3 heteroatoms. The van der Waals surface area contributed by atoms with Crippen molar-refractivity contribution in [2.75, 3.05) is 26.8 Å². The van der Waals surface area contributed by atoms with Crippen LogP contribution in [0, 0.1) is 0 Å². The van der Waals surface area contributed by atoms with Crippen molar-refractivity contribution >= 4 is 0 Å². The lowest BCUT2D eigenvalue weighted by atomic mass is 10.1. The van der Waals surface area contributed by atoms with Crippen LogP contribution in [-0.2, 0) is 22.5 Å². The van der Waals surface area contributed by atoms with Crippen LogP contribution in [0.25, 0.3) is 0 Å². The fourth-order valence-corrected chi connectivity index (χ4v) is 2.05. The third-order valence-corrected chi connectivity index (χ3v) is 3.13. The van der Waals surface area contributed by atoms with Gasteiger partial charge >= 0.3 is 0 Å². The molecule has 94 valence electrons. The minimum absolute atomic E-state index is 0.285. The van der Waals surface area contributed by atoms with Crippen LogP contribution in [0.2, 0.25) is 0 Å². The van der Waals surface area contributed by atoms with Gasteiger partial charge in [0.15, 0.2) is 0 Å². The van der Waals surface area contributed by atoms with Gasteiger partial charge in [-0.1, -0.05) is 24.3 Å². The topological polar surface area (TPSA) is 30.5 Å². The first-order valence-corrected chi connectivity index (χ1v) is 6.31. The van der Waals surface area contributed by atoms with E-state index in [4.69, 9.17) is 9.47 Å². The van der Waals surface area contributed by atoms with Gasteiger partial charge in [-0.2, -0.15) is 0 Å². The number of benzene rings is 1. The number of hydrogen-bond donors (Lipinski definition) is 1. The molecule has 1 N–H and O–H groups in total. The van der Waals surface area contributed by atoms with Crippen molar-refractivity contribution in [1.29, 1.82) is 0 Å². The maximum atomic E-state index is 5.86.